The molecule has 66 valence electrons. The molecule has 0 fully saturated rings. The molecule has 1 aromatic rings. The van der Waals surface area contributed by atoms with E-state index < -0.39 is 0 Å². The molecule has 0 heterocycles. The van der Waals surface area contributed by atoms with Gasteiger partial charge in [-0.25, -0.2) is 0 Å². The number of rotatable bonds is 1. The zero-order valence-corrected chi connectivity index (χ0v) is 8.06. The van der Waals surface area contributed by atoms with Crippen LogP contribution in [0.25, 0.3) is 5.57 Å². The summed E-state index contributed by atoms with van der Waals surface area (Å²) >= 11 is 5.84. The van der Waals surface area contributed by atoms with Crippen molar-refractivity contribution in [2.45, 2.75) is 13.3 Å². The van der Waals surface area contributed by atoms with E-state index in [-0.39, 0.29) is 5.78 Å². The second-order valence-corrected chi connectivity index (χ2v) is 3.62. The van der Waals surface area contributed by atoms with E-state index in [1.165, 1.54) is 0 Å². The number of Topliss-reactive ketones (excluding diaryl/α,β-unsaturated/α-hetero) is 1. The number of benzene rings is 1. The number of hydrogen-bond donors (Lipinski definition) is 0. The molecular formula is C11H9ClO. The van der Waals surface area contributed by atoms with Gasteiger partial charge in [-0.3, -0.25) is 4.79 Å². The Hall–Kier alpha value is -1.08. The lowest BCUT2D eigenvalue weighted by molar-refractivity contribution is -0.111. The van der Waals surface area contributed by atoms with Gasteiger partial charge >= 0.3 is 0 Å². The number of halogens is 1. The Morgan fingerprint density at radius 3 is 2.92 bits per heavy atom. The van der Waals surface area contributed by atoms with Gasteiger partial charge < -0.3 is 0 Å². The molecule has 0 spiro atoms. The number of hydrogen-bond acceptors (Lipinski definition) is 1. The molecule has 2 rings (SSSR count). The monoisotopic (exact) mass is 192 g/mol. The summed E-state index contributed by atoms with van der Waals surface area (Å²) in [5.41, 5.74) is 3.02. The molecule has 0 bridgehead atoms. The van der Waals surface area contributed by atoms with E-state index in [1.54, 1.807) is 6.92 Å². The SMILES string of the molecule is CC(=O)C1=CCc2cc(Cl)ccc21. The Bertz CT molecular complexity index is 405. The molecule has 0 saturated heterocycles. The third-order valence-electron chi connectivity index (χ3n) is 2.26. The highest BCUT2D eigenvalue weighted by atomic mass is 35.5. The van der Waals surface area contributed by atoms with Crippen LogP contribution in [0.5, 0.6) is 0 Å². The number of carbonyl (C=O) groups is 1. The van der Waals surface area contributed by atoms with E-state index in [0.29, 0.717) is 0 Å². The summed E-state index contributed by atoms with van der Waals surface area (Å²) in [5.74, 6) is 0.126. The first kappa shape index (κ1) is 8.52. The highest BCUT2D eigenvalue weighted by molar-refractivity contribution is 6.31. The van der Waals surface area contributed by atoms with Crippen molar-refractivity contribution in [1.29, 1.82) is 0 Å². The van der Waals surface area contributed by atoms with Gasteiger partial charge in [-0.2, -0.15) is 0 Å². The van der Waals surface area contributed by atoms with Crippen molar-refractivity contribution in [3.63, 3.8) is 0 Å². The predicted octanol–water partition coefficient (Wildman–Crippen LogP) is 2.87. The fourth-order valence-corrected chi connectivity index (χ4v) is 1.84. The van der Waals surface area contributed by atoms with Crippen molar-refractivity contribution in [3.8, 4) is 0 Å². The smallest absolute Gasteiger partial charge is 0.160 e. The lowest BCUT2D eigenvalue weighted by atomic mass is 10.0. The Balaban J connectivity index is 2.51. The van der Waals surface area contributed by atoms with Crippen LogP contribution in [0.2, 0.25) is 5.02 Å². The molecule has 0 saturated carbocycles. The molecule has 0 unspecified atom stereocenters. The van der Waals surface area contributed by atoms with Crippen molar-refractivity contribution < 1.29 is 4.79 Å². The molecular weight excluding hydrogens is 184 g/mol. The Labute approximate surface area is 82.0 Å². The van der Waals surface area contributed by atoms with E-state index in [9.17, 15) is 4.79 Å². The zero-order valence-electron chi connectivity index (χ0n) is 7.30. The van der Waals surface area contributed by atoms with Gasteiger partial charge in [0.25, 0.3) is 0 Å². The maximum Gasteiger partial charge on any atom is 0.160 e. The Kier molecular flexibility index (Phi) is 1.97. The van der Waals surface area contributed by atoms with Crippen molar-refractivity contribution in [2.75, 3.05) is 0 Å². The normalized spacial score (nSPS) is 13.8. The summed E-state index contributed by atoms with van der Waals surface area (Å²) in [7, 11) is 0. The van der Waals surface area contributed by atoms with Crippen LogP contribution in [0, 0.1) is 0 Å². The van der Waals surface area contributed by atoms with E-state index in [0.717, 1.165) is 28.1 Å². The van der Waals surface area contributed by atoms with Crippen LogP contribution in [0.15, 0.2) is 24.3 Å². The molecule has 0 atom stereocenters. The zero-order chi connectivity index (χ0) is 9.42. The van der Waals surface area contributed by atoms with Crippen molar-refractivity contribution >= 4 is 23.0 Å². The molecule has 1 aromatic carbocycles. The lowest BCUT2D eigenvalue weighted by Crippen LogP contribution is -1.93. The average molecular weight is 193 g/mol. The van der Waals surface area contributed by atoms with Crippen LogP contribution in [-0.4, -0.2) is 5.78 Å². The summed E-state index contributed by atoms with van der Waals surface area (Å²) < 4.78 is 0. The fourth-order valence-electron chi connectivity index (χ4n) is 1.65. The molecule has 13 heavy (non-hydrogen) atoms. The summed E-state index contributed by atoms with van der Waals surface area (Å²) in [5, 5.41) is 0.733. The maximum absolute atomic E-state index is 11.2. The molecule has 1 aliphatic carbocycles. The minimum Gasteiger partial charge on any atom is -0.295 e. The number of ketones is 1. The van der Waals surface area contributed by atoms with E-state index in [4.69, 9.17) is 11.6 Å². The molecule has 0 radical (unpaired) electrons. The third kappa shape index (κ3) is 1.40. The summed E-state index contributed by atoms with van der Waals surface area (Å²) in [4.78, 5) is 11.2. The topological polar surface area (TPSA) is 17.1 Å². The summed E-state index contributed by atoms with van der Waals surface area (Å²) in [6.45, 7) is 1.59. The second kappa shape index (κ2) is 3.00. The third-order valence-corrected chi connectivity index (χ3v) is 2.50. The van der Waals surface area contributed by atoms with Crippen molar-refractivity contribution in [2.24, 2.45) is 0 Å². The minimum absolute atomic E-state index is 0.126. The largest absolute Gasteiger partial charge is 0.295 e. The first-order valence-corrected chi connectivity index (χ1v) is 4.56. The van der Waals surface area contributed by atoms with Gasteiger partial charge in [-0.15, -0.1) is 0 Å². The van der Waals surface area contributed by atoms with Crippen LogP contribution in [-0.2, 0) is 11.2 Å². The van der Waals surface area contributed by atoms with Gasteiger partial charge in [0.1, 0.15) is 0 Å². The molecule has 0 aromatic heterocycles. The highest BCUT2D eigenvalue weighted by Gasteiger charge is 2.16. The van der Waals surface area contributed by atoms with E-state index in [1.807, 2.05) is 24.3 Å². The first-order valence-electron chi connectivity index (χ1n) is 4.18. The van der Waals surface area contributed by atoms with Crippen LogP contribution in [0.4, 0.5) is 0 Å². The second-order valence-electron chi connectivity index (χ2n) is 3.18. The standard InChI is InChI=1S/C11H9ClO/c1-7(13)10-4-2-8-6-9(12)3-5-11(8)10/h3-6H,2H2,1H3. The number of fused-ring (bicyclic) bond motifs is 1. The lowest BCUT2D eigenvalue weighted by Gasteiger charge is -2.01. The van der Waals surface area contributed by atoms with Gasteiger partial charge in [0.05, 0.1) is 0 Å². The first-order chi connectivity index (χ1) is 6.18. The van der Waals surface area contributed by atoms with Gasteiger partial charge in [0.15, 0.2) is 5.78 Å². The van der Waals surface area contributed by atoms with Gasteiger partial charge in [-0.05, 0) is 36.6 Å². The molecule has 1 nitrogen and oxygen atoms in total. The predicted molar refractivity (Wildman–Crippen MR) is 53.8 cm³/mol. The Morgan fingerprint density at radius 2 is 2.23 bits per heavy atom. The Morgan fingerprint density at radius 1 is 1.46 bits per heavy atom. The van der Waals surface area contributed by atoms with E-state index >= 15 is 0 Å². The van der Waals surface area contributed by atoms with Crippen LogP contribution >= 0.6 is 11.6 Å². The van der Waals surface area contributed by atoms with Crippen molar-refractivity contribution in [1.82, 2.24) is 0 Å². The summed E-state index contributed by atoms with van der Waals surface area (Å²) in [6.07, 6.45) is 2.79. The number of allylic oxidation sites excluding steroid dienone is 2. The fraction of sp³-hybridized carbons (Fsp3) is 0.182. The molecule has 0 amide bonds. The quantitative estimate of drug-likeness (QED) is 0.669. The van der Waals surface area contributed by atoms with Crippen LogP contribution in [0.3, 0.4) is 0 Å². The minimum atomic E-state index is 0.126. The molecule has 2 heteroatoms. The molecule has 1 aliphatic rings. The average Bonchev–Trinajstić information content (AvgIpc) is 2.46. The molecule has 0 aliphatic heterocycles. The summed E-state index contributed by atoms with van der Waals surface area (Å²) in [6, 6.07) is 5.66. The molecule has 0 N–H and O–H groups in total. The van der Waals surface area contributed by atoms with Crippen molar-refractivity contribution in [3.05, 3.63) is 40.4 Å². The number of carbonyl (C=O) groups excluding carboxylic acids is 1. The van der Waals surface area contributed by atoms with Gasteiger partial charge in [0, 0.05) is 10.6 Å². The van der Waals surface area contributed by atoms with Gasteiger partial charge in [0.2, 0.25) is 0 Å². The highest BCUT2D eigenvalue weighted by Crippen LogP contribution is 2.29. The van der Waals surface area contributed by atoms with Crippen LogP contribution < -0.4 is 0 Å². The maximum atomic E-state index is 11.2. The van der Waals surface area contributed by atoms with Gasteiger partial charge in [-0.1, -0.05) is 23.7 Å². The van der Waals surface area contributed by atoms with E-state index in [2.05, 4.69) is 0 Å². The van der Waals surface area contributed by atoms with Crippen LogP contribution in [0.1, 0.15) is 18.1 Å².